The number of hydrogen-bond acceptors (Lipinski definition) is 4. The second-order valence-corrected chi connectivity index (χ2v) is 7.18. The van der Waals surface area contributed by atoms with Crippen LogP contribution in [-0.4, -0.2) is 21.8 Å². The van der Waals surface area contributed by atoms with Crippen molar-refractivity contribution in [1.82, 2.24) is 4.98 Å². The van der Waals surface area contributed by atoms with Crippen LogP contribution in [0, 0.1) is 11.2 Å². The van der Waals surface area contributed by atoms with Crippen molar-refractivity contribution < 1.29 is 19.1 Å². The van der Waals surface area contributed by atoms with Gasteiger partial charge in [-0.15, -0.1) is 0 Å². The number of aliphatic hydroxyl groups excluding tert-OH is 1. The van der Waals surface area contributed by atoms with Gasteiger partial charge in [0.25, 0.3) is 5.91 Å². The molecule has 0 aliphatic carbocycles. The molecule has 1 N–H and O–H groups in total. The number of anilines is 1. The Morgan fingerprint density at radius 2 is 1.85 bits per heavy atom. The third-order valence-electron chi connectivity index (χ3n) is 4.24. The highest BCUT2D eigenvalue weighted by atomic mass is 19.1. The van der Waals surface area contributed by atoms with Gasteiger partial charge in [-0.1, -0.05) is 26.8 Å². The summed E-state index contributed by atoms with van der Waals surface area (Å²) in [6, 6.07) is 7.93. The maximum absolute atomic E-state index is 13.3. The second-order valence-electron chi connectivity index (χ2n) is 7.18. The Balaban J connectivity index is 2.19. The largest absolute Gasteiger partial charge is 0.503 e. The maximum Gasteiger partial charge on any atom is 0.294 e. The van der Waals surface area contributed by atoms with Gasteiger partial charge in [0.15, 0.2) is 11.5 Å². The lowest BCUT2D eigenvalue weighted by atomic mass is 9.82. The van der Waals surface area contributed by atoms with Crippen molar-refractivity contribution >= 4 is 17.4 Å². The summed E-state index contributed by atoms with van der Waals surface area (Å²) in [4.78, 5) is 31.1. The lowest BCUT2D eigenvalue weighted by molar-refractivity contribution is -0.123. The molecule has 0 bridgehead atoms. The molecule has 0 saturated carbocycles. The molecule has 0 radical (unpaired) electrons. The topological polar surface area (TPSA) is 70.5 Å². The van der Waals surface area contributed by atoms with E-state index in [1.807, 2.05) is 0 Å². The predicted molar refractivity (Wildman–Crippen MR) is 95.0 cm³/mol. The zero-order valence-electron chi connectivity index (χ0n) is 14.7. The Morgan fingerprint density at radius 3 is 2.38 bits per heavy atom. The lowest BCUT2D eigenvalue weighted by Crippen LogP contribution is -2.32. The fraction of sp³-hybridized carbons (Fsp3) is 0.250. The molecular formula is C20H19FN2O3. The molecule has 1 aliphatic heterocycles. The van der Waals surface area contributed by atoms with Crippen LogP contribution in [0.25, 0.3) is 0 Å². The van der Waals surface area contributed by atoms with Crippen molar-refractivity contribution in [2.24, 2.45) is 5.41 Å². The van der Waals surface area contributed by atoms with E-state index >= 15 is 0 Å². The molecule has 5 nitrogen and oxygen atoms in total. The number of benzene rings is 1. The molecule has 1 unspecified atom stereocenters. The van der Waals surface area contributed by atoms with Gasteiger partial charge < -0.3 is 5.11 Å². The summed E-state index contributed by atoms with van der Waals surface area (Å²) < 4.78 is 13.3. The monoisotopic (exact) mass is 354 g/mol. The third kappa shape index (κ3) is 2.98. The standard InChI is InChI=1S/C20H19FN2O3/c1-20(2,3)18(25)15-16(12-5-4-10-22-11-12)23(19(26)17(15)24)14-8-6-13(21)7-9-14/h4-11,16,24H,1-3H3. The minimum Gasteiger partial charge on any atom is -0.503 e. The molecular weight excluding hydrogens is 335 g/mol. The number of carbonyl (C=O) groups excluding carboxylic acids is 2. The number of nitrogens with zero attached hydrogens (tertiary/aromatic N) is 2. The molecule has 1 aromatic carbocycles. The Labute approximate surface area is 150 Å². The van der Waals surface area contributed by atoms with Crippen LogP contribution < -0.4 is 4.90 Å². The molecule has 0 saturated heterocycles. The molecule has 1 aromatic heterocycles. The van der Waals surface area contributed by atoms with Crippen molar-refractivity contribution in [2.45, 2.75) is 26.8 Å². The minimum absolute atomic E-state index is 0.0276. The van der Waals surface area contributed by atoms with E-state index in [9.17, 15) is 19.1 Å². The number of carbonyl (C=O) groups is 2. The van der Waals surface area contributed by atoms with Gasteiger partial charge in [0, 0.05) is 23.5 Å². The van der Waals surface area contributed by atoms with Gasteiger partial charge in [0.05, 0.1) is 11.6 Å². The van der Waals surface area contributed by atoms with Gasteiger partial charge in [-0.3, -0.25) is 19.5 Å². The molecule has 2 aromatic rings. The number of amides is 1. The number of rotatable bonds is 3. The summed E-state index contributed by atoms with van der Waals surface area (Å²) in [7, 11) is 0. The van der Waals surface area contributed by atoms with Crippen LogP contribution in [-0.2, 0) is 9.59 Å². The van der Waals surface area contributed by atoms with E-state index in [-0.39, 0.29) is 11.4 Å². The summed E-state index contributed by atoms with van der Waals surface area (Å²) in [5.41, 5.74) is 0.207. The average Bonchev–Trinajstić information content (AvgIpc) is 2.86. The first kappa shape index (κ1) is 17.8. The van der Waals surface area contributed by atoms with Crippen LogP contribution in [0.5, 0.6) is 0 Å². The van der Waals surface area contributed by atoms with E-state index in [1.165, 1.54) is 29.2 Å². The number of pyridine rings is 1. The highest BCUT2D eigenvalue weighted by Gasteiger charge is 2.46. The van der Waals surface area contributed by atoms with Gasteiger partial charge in [-0.25, -0.2) is 4.39 Å². The van der Waals surface area contributed by atoms with Crippen LogP contribution in [0.2, 0.25) is 0 Å². The molecule has 0 spiro atoms. The first-order valence-electron chi connectivity index (χ1n) is 8.19. The fourth-order valence-corrected chi connectivity index (χ4v) is 2.96. The van der Waals surface area contributed by atoms with Gasteiger partial charge in [-0.05, 0) is 35.9 Å². The van der Waals surface area contributed by atoms with E-state index in [0.29, 0.717) is 11.3 Å². The van der Waals surface area contributed by atoms with E-state index in [4.69, 9.17) is 0 Å². The Bertz CT molecular complexity index is 884. The normalized spacial score (nSPS) is 17.8. The number of hydrogen-bond donors (Lipinski definition) is 1. The van der Waals surface area contributed by atoms with Crippen molar-refractivity contribution in [3.8, 4) is 0 Å². The second kappa shape index (κ2) is 6.37. The highest BCUT2D eigenvalue weighted by molar-refractivity contribution is 6.17. The molecule has 26 heavy (non-hydrogen) atoms. The number of ketones is 1. The lowest BCUT2D eigenvalue weighted by Gasteiger charge is -2.28. The summed E-state index contributed by atoms with van der Waals surface area (Å²) in [5, 5.41) is 10.5. The van der Waals surface area contributed by atoms with Crippen molar-refractivity contribution in [1.29, 1.82) is 0 Å². The van der Waals surface area contributed by atoms with E-state index in [0.717, 1.165) is 0 Å². The van der Waals surface area contributed by atoms with Crippen molar-refractivity contribution in [3.05, 3.63) is 71.5 Å². The highest BCUT2D eigenvalue weighted by Crippen LogP contribution is 2.43. The Hall–Kier alpha value is -3.02. The Morgan fingerprint density at radius 1 is 1.19 bits per heavy atom. The average molecular weight is 354 g/mol. The van der Waals surface area contributed by atoms with Gasteiger partial charge >= 0.3 is 0 Å². The Kier molecular flexibility index (Phi) is 4.36. The van der Waals surface area contributed by atoms with Crippen molar-refractivity contribution in [2.75, 3.05) is 4.90 Å². The number of Topliss-reactive ketones (excluding diaryl/α,β-unsaturated/α-hetero) is 1. The first-order chi connectivity index (χ1) is 12.2. The first-order valence-corrected chi connectivity index (χ1v) is 8.19. The summed E-state index contributed by atoms with van der Waals surface area (Å²) in [5.74, 6) is -2.05. The maximum atomic E-state index is 13.3. The van der Waals surface area contributed by atoms with Crippen LogP contribution in [0.3, 0.4) is 0 Å². The summed E-state index contributed by atoms with van der Waals surface area (Å²) >= 11 is 0. The van der Waals surface area contributed by atoms with Gasteiger partial charge in [-0.2, -0.15) is 0 Å². The van der Waals surface area contributed by atoms with E-state index < -0.39 is 28.9 Å². The predicted octanol–water partition coefficient (Wildman–Crippen LogP) is 3.74. The van der Waals surface area contributed by atoms with E-state index in [1.54, 1.807) is 45.3 Å². The van der Waals surface area contributed by atoms with Crippen LogP contribution in [0.1, 0.15) is 32.4 Å². The number of aliphatic hydroxyl groups is 1. The van der Waals surface area contributed by atoms with Gasteiger partial charge in [0.1, 0.15) is 5.82 Å². The van der Waals surface area contributed by atoms with Crippen LogP contribution in [0.4, 0.5) is 10.1 Å². The minimum atomic E-state index is -0.826. The van der Waals surface area contributed by atoms with Crippen LogP contribution in [0.15, 0.2) is 60.1 Å². The third-order valence-corrected chi connectivity index (χ3v) is 4.24. The zero-order valence-corrected chi connectivity index (χ0v) is 14.7. The molecule has 134 valence electrons. The summed E-state index contributed by atoms with van der Waals surface area (Å²) in [6.07, 6.45) is 3.13. The zero-order chi connectivity index (χ0) is 19.1. The SMILES string of the molecule is CC(C)(C)C(=O)C1=C(O)C(=O)N(c2ccc(F)cc2)C1c1cccnc1. The molecule has 2 heterocycles. The fourth-order valence-electron chi connectivity index (χ4n) is 2.96. The molecule has 6 heteroatoms. The summed E-state index contributed by atoms with van der Waals surface area (Å²) in [6.45, 7) is 5.17. The van der Waals surface area contributed by atoms with Crippen molar-refractivity contribution in [3.63, 3.8) is 0 Å². The molecule has 3 rings (SSSR count). The molecule has 1 amide bonds. The quantitative estimate of drug-likeness (QED) is 0.912. The number of halogens is 1. The van der Waals surface area contributed by atoms with Crippen LogP contribution >= 0.6 is 0 Å². The van der Waals surface area contributed by atoms with Gasteiger partial charge in [0.2, 0.25) is 0 Å². The van der Waals surface area contributed by atoms with E-state index in [2.05, 4.69) is 4.98 Å². The smallest absolute Gasteiger partial charge is 0.294 e. The molecule has 1 aliphatic rings. The number of aromatic nitrogens is 1. The molecule has 0 fully saturated rings. The molecule has 1 atom stereocenters.